The molecule has 0 saturated carbocycles. The molecule has 0 aliphatic rings. The van der Waals surface area contributed by atoms with Gasteiger partial charge < -0.3 is 23.1 Å². The van der Waals surface area contributed by atoms with Crippen molar-refractivity contribution >= 4 is 33.3 Å². The number of benzene rings is 2. The summed E-state index contributed by atoms with van der Waals surface area (Å²) in [5.74, 6) is -6.77. The van der Waals surface area contributed by atoms with Gasteiger partial charge in [0.2, 0.25) is 22.8 Å². The Bertz CT molecular complexity index is 2990. The van der Waals surface area contributed by atoms with E-state index < -0.39 is 138 Å². The molecule has 0 aliphatic carbocycles. The molecule has 2 aromatic carbocycles. The number of nitro groups is 2. The minimum atomic E-state index is -6.26. The van der Waals surface area contributed by atoms with Gasteiger partial charge in [-0.2, -0.15) is 52.9 Å². The largest absolute Gasteiger partial charge is 0.534 e. The van der Waals surface area contributed by atoms with Crippen molar-refractivity contribution < 1.29 is 85.4 Å². The van der Waals surface area contributed by atoms with Gasteiger partial charge in [0.15, 0.2) is 5.69 Å². The summed E-state index contributed by atoms with van der Waals surface area (Å²) in [6.07, 6.45) is -10.7. The zero-order valence-corrected chi connectivity index (χ0v) is 37.5. The Morgan fingerprint density at radius 3 is 1.79 bits per heavy atom. The molecule has 0 saturated heterocycles. The van der Waals surface area contributed by atoms with Gasteiger partial charge in [-0.25, -0.2) is 0 Å². The molecule has 0 spiro atoms. The number of rotatable bonds is 18. The quantitative estimate of drug-likeness (QED) is 0.0190. The zero-order valence-electron chi connectivity index (χ0n) is 36.7. The summed E-state index contributed by atoms with van der Waals surface area (Å²) >= 11 is 0. The molecule has 31 heteroatoms. The van der Waals surface area contributed by atoms with Crippen molar-refractivity contribution in [3.05, 3.63) is 163 Å². The van der Waals surface area contributed by atoms with Crippen LogP contribution in [0.5, 0.6) is 5.88 Å². The lowest BCUT2D eigenvalue weighted by Gasteiger charge is -2.33. The van der Waals surface area contributed by atoms with Crippen LogP contribution in [0.4, 0.5) is 50.9 Å². The molecule has 0 aliphatic heterocycles. The molecule has 21 nitrogen and oxygen atoms in total. The number of aryl methyl sites for hydroxylation is 2. The number of hydrogen-bond acceptors (Lipinski definition) is 16. The number of hydrogen-bond donors (Lipinski definition) is 3. The van der Waals surface area contributed by atoms with Crippen LogP contribution in [0, 0.1) is 34.1 Å². The van der Waals surface area contributed by atoms with E-state index in [1.807, 2.05) is 4.98 Å². The van der Waals surface area contributed by atoms with Crippen LogP contribution in [0.1, 0.15) is 51.5 Å². The van der Waals surface area contributed by atoms with E-state index in [2.05, 4.69) is 32.5 Å². The third-order valence-electron chi connectivity index (χ3n) is 9.51. The lowest BCUT2D eigenvalue weighted by molar-refractivity contribution is -0.385. The number of hydrazine groups is 1. The normalized spacial score (nSPS) is 13.5. The summed E-state index contributed by atoms with van der Waals surface area (Å²) in [6.45, 7) is 7.52. The summed E-state index contributed by atoms with van der Waals surface area (Å²) in [7, 11) is -6.26. The van der Waals surface area contributed by atoms with Crippen molar-refractivity contribution in [1.29, 1.82) is 0 Å². The monoisotopic (exact) mass is 1050 g/mol. The summed E-state index contributed by atoms with van der Waals surface area (Å²) < 4.78 is 165. The fraction of sp³-hybridized carbons (Fsp3) is 0.268. The van der Waals surface area contributed by atoms with E-state index in [1.165, 1.54) is 31.2 Å². The molecule has 0 radical (unpaired) electrons. The maximum Gasteiger partial charge on any atom is 0.534 e. The van der Waals surface area contributed by atoms with E-state index >= 15 is 0 Å². The third-order valence-corrected chi connectivity index (χ3v) is 10.5. The van der Waals surface area contributed by atoms with Gasteiger partial charge in [0.1, 0.15) is 0 Å². The van der Waals surface area contributed by atoms with Crippen molar-refractivity contribution in [3.8, 4) is 17.5 Å². The molecule has 0 bridgehead atoms. The highest BCUT2D eigenvalue weighted by Gasteiger charge is 2.62. The second-order valence-corrected chi connectivity index (χ2v) is 16.1. The van der Waals surface area contributed by atoms with Crippen molar-refractivity contribution in [2.24, 2.45) is 0 Å². The van der Waals surface area contributed by atoms with Crippen LogP contribution in [0.15, 0.2) is 107 Å². The first kappa shape index (κ1) is 56.5. The van der Waals surface area contributed by atoms with E-state index in [0.29, 0.717) is 17.2 Å². The van der Waals surface area contributed by atoms with Gasteiger partial charge in [-0.3, -0.25) is 45.5 Å². The summed E-state index contributed by atoms with van der Waals surface area (Å²) in [5, 5.41) is 29.4. The van der Waals surface area contributed by atoms with Crippen LogP contribution in [-0.4, -0.2) is 73.7 Å². The number of carbonyl (C=O) groups excluding carboxylic acids is 2. The van der Waals surface area contributed by atoms with Gasteiger partial charge in [-0.1, -0.05) is 72.8 Å². The highest BCUT2D eigenvalue weighted by molar-refractivity contribution is 7.88. The Morgan fingerprint density at radius 2 is 1.31 bits per heavy atom. The molecular formula is C41H35F9N8O13S. The maximum absolute atomic E-state index is 14.4. The standard InChI is InChI=1S/C21H16F6N4O7S.C20H19F3N4O6/c1-3-9-19(20(22,23)24,36-11-13-7-5-4-6-8-13)18-30-29-17(37-18)15-14(31(32)33)10-12(2)16(28-15)38-39(34,35)21(25,26)27;1-3-9-19(20(21,22)23,33-11-13-7-5-4-6-8-13)18(30)26-25-17(29)15-14(27(31)32)10-12(2)16(28)24-15/h3-8,10H,1,9,11H2,2H3;3-8,10H,1,9,11H2,2H3,(H,24,28)(H,25,29)(H,26,30). The topological polar surface area (TPSA) is 291 Å². The fourth-order valence-corrected chi connectivity index (χ4v) is 6.32. The zero-order chi connectivity index (χ0) is 54.0. The number of alkyl halides is 9. The molecule has 386 valence electrons. The van der Waals surface area contributed by atoms with Gasteiger partial charge in [-0.05, 0) is 25.0 Å². The summed E-state index contributed by atoms with van der Waals surface area (Å²) in [4.78, 5) is 62.6. The van der Waals surface area contributed by atoms with Crippen molar-refractivity contribution in [2.75, 3.05) is 0 Å². The number of halogens is 9. The molecule has 5 rings (SSSR count). The van der Waals surface area contributed by atoms with Crippen LogP contribution >= 0.6 is 0 Å². The highest BCUT2D eigenvalue weighted by Crippen LogP contribution is 2.46. The van der Waals surface area contributed by atoms with Crippen molar-refractivity contribution in [1.82, 2.24) is 31.0 Å². The molecule has 2 amide bonds. The average molecular weight is 1050 g/mol. The summed E-state index contributed by atoms with van der Waals surface area (Å²) in [5.41, 5.74) is -13.9. The molecule has 5 aromatic rings. The number of amides is 2. The minimum absolute atomic E-state index is 0.0707. The first-order valence-electron chi connectivity index (χ1n) is 19.7. The van der Waals surface area contributed by atoms with Crippen LogP contribution in [-0.2, 0) is 43.2 Å². The fourth-order valence-electron chi connectivity index (χ4n) is 5.85. The molecular weight excluding hydrogens is 1020 g/mol. The minimum Gasteiger partial charge on any atom is -0.415 e. The van der Waals surface area contributed by atoms with Gasteiger partial charge in [0.05, 0.1) is 23.1 Å². The number of carbonyl (C=O) groups is 2. The van der Waals surface area contributed by atoms with Gasteiger partial charge in [0, 0.05) is 36.1 Å². The lowest BCUT2D eigenvalue weighted by Crippen LogP contribution is -2.61. The van der Waals surface area contributed by atoms with E-state index in [4.69, 9.17) is 13.9 Å². The van der Waals surface area contributed by atoms with Gasteiger partial charge >= 0.3 is 33.7 Å². The summed E-state index contributed by atoms with van der Waals surface area (Å²) in [6, 6.07) is 16.8. The lowest BCUT2D eigenvalue weighted by atomic mass is 9.97. The number of nitrogens with one attached hydrogen (secondary N) is 3. The van der Waals surface area contributed by atoms with E-state index in [9.17, 15) is 82.5 Å². The van der Waals surface area contributed by atoms with Crippen molar-refractivity contribution in [3.63, 3.8) is 0 Å². The first-order chi connectivity index (χ1) is 33.4. The number of aromatic amines is 1. The Balaban J connectivity index is 0.000000317. The Kier molecular flexibility index (Phi) is 17.5. The Hall–Kier alpha value is -8.06. The van der Waals surface area contributed by atoms with E-state index in [0.717, 1.165) is 25.1 Å². The molecule has 2 atom stereocenters. The molecule has 72 heavy (non-hydrogen) atoms. The molecule has 2 unspecified atom stereocenters. The van der Waals surface area contributed by atoms with Crippen molar-refractivity contribution in [2.45, 2.75) is 69.0 Å². The molecule has 0 fully saturated rings. The third kappa shape index (κ3) is 12.8. The second-order valence-electron chi connectivity index (χ2n) is 14.5. The predicted octanol–water partition coefficient (Wildman–Crippen LogP) is 7.57. The van der Waals surface area contributed by atoms with E-state index in [-0.39, 0.29) is 5.56 Å². The highest BCUT2D eigenvalue weighted by atomic mass is 32.2. The molecule has 3 heterocycles. The number of nitrogens with zero attached hydrogens (tertiary/aromatic N) is 5. The van der Waals surface area contributed by atoms with Crippen LogP contribution in [0.25, 0.3) is 11.6 Å². The smallest absolute Gasteiger partial charge is 0.415 e. The average Bonchev–Trinajstić information content (AvgIpc) is 3.79. The second kappa shape index (κ2) is 22.4. The van der Waals surface area contributed by atoms with E-state index in [1.54, 1.807) is 47.2 Å². The van der Waals surface area contributed by atoms with Crippen LogP contribution in [0.3, 0.4) is 0 Å². The SMILES string of the molecule is C=CCC(OCc1ccccc1)(C(=O)NNC(=O)c1[nH]c(=O)c(C)cc1[N+](=O)[O-])C(F)(F)F.C=CCC(OCc1ccccc1)(c1nnc(-c2nc(OS(=O)(=O)C(F)(F)F)c(C)cc2[N+](=O)[O-])o1)C(F)(F)F. The number of pyridine rings is 2. The first-order valence-corrected chi connectivity index (χ1v) is 21.1. The van der Waals surface area contributed by atoms with Gasteiger partial charge in [0.25, 0.3) is 34.8 Å². The molecule has 3 aromatic heterocycles. The number of ether oxygens (including phenoxy) is 2. The Morgan fingerprint density at radius 1 is 0.778 bits per heavy atom. The molecule has 3 N–H and O–H groups in total. The van der Waals surface area contributed by atoms with Crippen LogP contribution < -0.4 is 20.6 Å². The number of aromatic nitrogens is 4. The van der Waals surface area contributed by atoms with Gasteiger partial charge in [-0.15, -0.1) is 23.4 Å². The number of H-pyrrole nitrogens is 1. The van der Waals surface area contributed by atoms with Crippen LogP contribution in [0.2, 0.25) is 0 Å². The maximum atomic E-state index is 14.4. The Labute approximate surface area is 398 Å². The predicted molar refractivity (Wildman–Crippen MR) is 227 cm³/mol.